The molecule has 4 rings (SSSR count). The van der Waals surface area contributed by atoms with Gasteiger partial charge in [-0.05, 0) is 125 Å². The minimum atomic E-state index is -0.390. The maximum Gasteiger partial charge on any atom is 0.306 e. The highest BCUT2D eigenvalue weighted by Gasteiger charge is 2.60. The van der Waals surface area contributed by atoms with E-state index in [0.29, 0.717) is 29.1 Å². The lowest BCUT2D eigenvalue weighted by Gasteiger charge is -2.61. The van der Waals surface area contributed by atoms with Crippen LogP contribution in [0.1, 0.15) is 106 Å². The third-order valence-corrected chi connectivity index (χ3v) is 10.3. The van der Waals surface area contributed by atoms with Gasteiger partial charge in [0.05, 0.1) is 6.10 Å². The Morgan fingerprint density at radius 2 is 1.67 bits per heavy atom. The summed E-state index contributed by atoms with van der Waals surface area (Å²) in [5.41, 5.74) is 0.447. The van der Waals surface area contributed by atoms with Crippen molar-refractivity contribution >= 4 is 5.97 Å². The molecule has 7 unspecified atom stereocenters. The van der Waals surface area contributed by atoms with Crippen molar-refractivity contribution in [1.29, 1.82) is 0 Å². The number of esters is 1. The van der Waals surface area contributed by atoms with Crippen LogP contribution in [0.5, 0.6) is 0 Å². The first-order chi connectivity index (χ1) is 13.9. The lowest BCUT2D eigenvalue weighted by atomic mass is 9.44. The van der Waals surface area contributed by atoms with Crippen LogP contribution in [0, 0.1) is 46.3 Å². The fourth-order valence-corrected chi connectivity index (χ4v) is 9.00. The van der Waals surface area contributed by atoms with Crippen molar-refractivity contribution in [3.05, 3.63) is 0 Å². The third kappa shape index (κ3) is 3.86. The molecule has 0 aromatic heterocycles. The quantitative estimate of drug-likeness (QED) is 0.541. The number of rotatable bonds is 3. The van der Waals surface area contributed by atoms with Crippen molar-refractivity contribution in [3.63, 3.8) is 0 Å². The molecule has 0 aliphatic heterocycles. The number of carbonyl (C=O) groups is 1. The van der Waals surface area contributed by atoms with Gasteiger partial charge in [0.2, 0.25) is 0 Å². The number of ether oxygens (including phenoxy) is 1. The molecule has 0 spiro atoms. The van der Waals surface area contributed by atoms with E-state index in [9.17, 15) is 9.90 Å². The zero-order valence-electron chi connectivity index (χ0n) is 20.4. The summed E-state index contributed by atoms with van der Waals surface area (Å²) in [7, 11) is 0. The summed E-state index contributed by atoms with van der Waals surface area (Å²) in [5.74, 6) is 4.30. The van der Waals surface area contributed by atoms with Gasteiger partial charge in [-0.15, -0.1) is 0 Å². The molecule has 0 aromatic carbocycles. The van der Waals surface area contributed by atoms with Gasteiger partial charge >= 0.3 is 5.97 Å². The van der Waals surface area contributed by atoms with Gasteiger partial charge in [-0.2, -0.15) is 0 Å². The first kappa shape index (κ1) is 22.6. The van der Waals surface area contributed by atoms with Gasteiger partial charge in [0.1, 0.15) is 5.60 Å². The van der Waals surface area contributed by atoms with Gasteiger partial charge in [-0.1, -0.05) is 20.8 Å². The molecular formula is C27H46O3. The Balaban J connectivity index is 1.47. The zero-order chi connectivity index (χ0) is 21.9. The smallest absolute Gasteiger partial charge is 0.306 e. The second-order valence-electron chi connectivity index (χ2n) is 13.1. The van der Waals surface area contributed by atoms with Gasteiger partial charge in [0.25, 0.3) is 0 Å². The van der Waals surface area contributed by atoms with Gasteiger partial charge in [0, 0.05) is 6.42 Å². The molecule has 0 saturated heterocycles. The molecule has 172 valence electrons. The predicted octanol–water partition coefficient (Wildman–Crippen LogP) is 6.37. The summed E-state index contributed by atoms with van der Waals surface area (Å²) < 4.78 is 5.64. The number of hydrogen-bond donors (Lipinski definition) is 1. The van der Waals surface area contributed by atoms with Crippen molar-refractivity contribution in [2.45, 2.75) is 117 Å². The molecule has 0 amide bonds. The number of carbonyl (C=O) groups excluding carboxylic acids is 1. The average Bonchev–Trinajstić information content (AvgIpc) is 2.98. The number of aliphatic hydroxyl groups is 1. The molecule has 1 N–H and O–H groups in total. The van der Waals surface area contributed by atoms with Crippen molar-refractivity contribution in [2.75, 3.05) is 0 Å². The molecule has 0 aromatic rings. The van der Waals surface area contributed by atoms with E-state index >= 15 is 0 Å². The maximum atomic E-state index is 12.5. The van der Waals surface area contributed by atoms with Crippen molar-refractivity contribution in [1.82, 2.24) is 0 Å². The van der Waals surface area contributed by atoms with Crippen LogP contribution in [0.3, 0.4) is 0 Å². The van der Waals surface area contributed by atoms with E-state index in [4.69, 9.17) is 4.74 Å². The monoisotopic (exact) mass is 418 g/mol. The highest BCUT2D eigenvalue weighted by molar-refractivity contribution is 5.70. The summed E-state index contributed by atoms with van der Waals surface area (Å²) in [6.07, 6.45) is 11.8. The van der Waals surface area contributed by atoms with E-state index < -0.39 is 5.60 Å². The van der Waals surface area contributed by atoms with Crippen LogP contribution in [0.25, 0.3) is 0 Å². The number of hydrogen-bond acceptors (Lipinski definition) is 3. The minimum absolute atomic E-state index is 0.0236. The third-order valence-electron chi connectivity index (χ3n) is 10.3. The Hall–Kier alpha value is -0.570. The summed E-state index contributed by atoms with van der Waals surface area (Å²) in [6.45, 7) is 13.3. The molecule has 4 aliphatic rings. The fraction of sp³-hybridized carbons (Fsp3) is 0.963. The topological polar surface area (TPSA) is 46.5 Å². The van der Waals surface area contributed by atoms with Crippen molar-refractivity contribution in [3.8, 4) is 0 Å². The number of aliphatic hydroxyl groups excluding tert-OH is 1. The first-order valence-corrected chi connectivity index (χ1v) is 12.8. The Bertz CT molecular complexity index is 651. The molecule has 30 heavy (non-hydrogen) atoms. The lowest BCUT2D eigenvalue weighted by Crippen LogP contribution is -2.54. The highest BCUT2D eigenvalue weighted by Crippen LogP contribution is 2.68. The average molecular weight is 419 g/mol. The summed E-state index contributed by atoms with van der Waals surface area (Å²) in [4.78, 5) is 12.5. The van der Waals surface area contributed by atoms with Crippen molar-refractivity contribution in [2.24, 2.45) is 46.3 Å². The fourth-order valence-electron chi connectivity index (χ4n) is 9.00. The molecular weight excluding hydrogens is 372 g/mol. The Morgan fingerprint density at radius 1 is 1.00 bits per heavy atom. The summed E-state index contributed by atoms with van der Waals surface area (Å²) in [5, 5.41) is 10.3. The molecule has 0 radical (unpaired) electrons. The van der Waals surface area contributed by atoms with E-state index in [1.54, 1.807) is 0 Å². The molecule has 9 atom stereocenters. The van der Waals surface area contributed by atoms with Gasteiger partial charge in [0.15, 0.2) is 0 Å². The first-order valence-electron chi connectivity index (χ1n) is 12.8. The zero-order valence-corrected chi connectivity index (χ0v) is 20.4. The standard InChI is InChI=1S/C27H46O3/c1-17(15-24(29)30-25(2,3)4)21-9-10-22-20-8-7-18-16-19(28)11-13-26(18,5)23(20)12-14-27(21,22)6/h17-23,28H,7-16H2,1-6H3/t17-,18?,19-,20?,21?,22?,23?,26?,27?/m1/s1. The Kier molecular flexibility index (Phi) is 5.87. The lowest BCUT2D eigenvalue weighted by molar-refractivity contribution is -0.157. The molecule has 0 heterocycles. The van der Waals surface area contributed by atoms with Gasteiger partial charge < -0.3 is 9.84 Å². The molecule has 4 saturated carbocycles. The Labute approximate surface area is 184 Å². The second kappa shape index (κ2) is 7.78. The molecule has 3 nitrogen and oxygen atoms in total. The normalized spacial score (nSPS) is 47.0. The van der Waals surface area contributed by atoms with Crippen LogP contribution in [0.2, 0.25) is 0 Å². The largest absolute Gasteiger partial charge is 0.460 e. The van der Waals surface area contributed by atoms with Crippen LogP contribution in [-0.4, -0.2) is 22.8 Å². The van der Waals surface area contributed by atoms with Crippen LogP contribution < -0.4 is 0 Å². The molecule has 0 bridgehead atoms. The van der Waals surface area contributed by atoms with Crippen LogP contribution >= 0.6 is 0 Å². The number of fused-ring (bicyclic) bond motifs is 5. The van der Waals surface area contributed by atoms with Crippen LogP contribution in [0.15, 0.2) is 0 Å². The van der Waals surface area contributed by atoms with E-state index in [-0.39, 0.29) is 12.1 Å². The predicted molar refractivity (Wildman–Crippen MR) is 121 cm³/mol. The molecule has 4 aliphatic carbocycles. The highest BCUT2D eigenvalue weighted by atomic mass is 16.6. The van der Waals surface area contributed by atoms with E-state index in [1.807, 2.05) is 20.8 Å². The van der Waals surface area contributed by atoms with E-state index in [2.05, 4.69) is 20.8 Å². The van der Waals surface area contributed by atoms with E-state index in [0.717, 1.165) is 36.5 Å². The van der Waals surface area contributed by atoms with Gasteiger partial charge in [-0.25, -0.2) is 0 Å². The van der Waals surface area contributed by atoms with E-state index in [1.165, 1.54) is 44.9 Å². The molecule has 3 heteroatoms. The second-order valence-corrected chi connectivity index (χ2v) is 13.1. The minimum Gasteiger partial charge on any atom is -0.460 e. The van der Waals surface area contributed by atoms with Crippen molar-refractivity contribution < 1.29 is 14.6 Å². The Morgan fingerprint density at radius 3 is 2.37 bits per heavy atom. The van der Waals surface area contributed by atoms with Crippen LogP contribution in [-0.2, 0) is 9.53 Å². The molecule has 4 fully saturated rings. The summed E-state index contributed by atoms with van der Waals surface area (Å²) in [6, 6.07) is 0. The maximum absolute atomic E-state index is 12.5. The van der Waals surface area contributed by atoms with Gasteiger partial charge in [-0.3, -0.25) is 4.79 Å². The summed E-state index contributed by atoms with van der Waals surface area (Å²) >= 11 is 0. The van der Waals surface area contributed by atoms with Crippen LogP contribution in [0.4, 0.5) is 0 Å². The SMILES string of the molecule is C[C@H](CC(=O)OC(C)(C)C)C1CCC2C3CCC4C[C@H](O)CCC4(C)C3CCC21C.